The lowest BCUT2D eigenvalue weighted by Gasteiger charge is -2.19. The van der Waals surface area contributed by atoms with Gasteiger partial charge in [0.05, 0.1) is 11.1 Å². The van der Waals surface area contributed by atoms with Crippen LogP contribution >= 0.6 is 0 Å². The molecule has 0 spiro atoms. The molecule has 0 saturated heterocycles. The minimum atomic E-state index is -0.640. The number of anilines is 1. The highest BCUT2D eigenvalue weighted by Gasteiger charge is 2.32. The predicted molar refractivity (Wildman–Crippen MR) is 104 cm³/mol. The van der Waals surface area contributed by atoms with E-state index in [2.05, 4.69) is 10.4 Å². The number of fused-ring (bicyclic) bond motifs is 2. The summed E-state index contributed by atoms with van der Waals surface area (Å²) in [5.74, 6) is -0.0663. The maximum absolute atomic E-state index is 13.2. The fourth-order valence-electron chi connectivity index (χ4n) is 3.46. The van der Waals surface area contributed by atoms with Gasteiger partial charge in [-0.2, -0.15) is 9.78 Å². The first kappa shape index (κ1) is 17.3. The molecule has 0 saturated carbocycles. The lowest BCUT2D eigenvalue weighted by Crippen LogP contribution is -2.27. The fraction of sp³-hybridized carbons (Fsp3) is 0.286. The van der Waals surface area contributed by atoms with Crippen molar-refractivity contribution in [2.75, 3.05) is 11.9 Å². The number of hydrogen-bond acceptors (Lipinski definition) is 5. The summed E-state index contributed by atoms with van der Waals surface area (Å²) in [6.07, 6.45) is -0.561. The number of hydrogen-bond donors (Lipinski definition) is 1. The lowest BCUT2D eigenvalue weighted by atomic mass is 9.86. The number of carbonyl (C=O) groups excluding carboxylic acids is 2. The average Bonchev–Trinajstić information content (AvgIpc) is 2.99. The second kappa shape index (κ2) is 5.94. The molecule has 0 atom stereocenters. The van der Waals surface area contributed by atoms with E-state index in [0.29, 0.717) is 34.3 Å². The molecule has 27 heavy (non-hydrogen) atoms. The number of carbonyl (C=O) groups is 2. The SMILES string of the molecule is CCNc1cccc2c1C(=O)c1cccc3c1c-2nn3C(=O)OC(C)(C)C. The molecule has 3 aromatic rings. The van der Waals surface area contributed by atoms with Crippen molar-refractivity contribution >= 4 is 28.5 Å². The molecule has 2 aromatic carbocycles. The molecular formula is C21H21N3O3. The number of benzene rings is 2. The molecule has 0 bridgehead atoms. The van der Waals surface area contributed by atoms with E-state index in [9.17, 15) is 9.59 Å². The van der Waals surface area contributed by atoms with Gasteiger partial charge in [0.2, 0.25) is 0 Å². The lowest BCUT2D eigenvalue weighted by molar-refractivity contribution is 0.0523. The summed E-state index contributed by atoms with van der Waals surface area (Å²) < 4.78 is 6.74. The van der Waals surface area contributed by atoms with Gasteiger partial charge < -0.3 is 10.1 Å². The Kier molecular flexibility index (Phi) is 3.80. The van der Waals surface area contributed by atoms with Crippen LogP contribution < -0.4 is 5.32 Å². The molecule has 4 rings (SSSR count). The maximum Gasteiger partial charge on any atom is 0.435 e. The molecule has 0 fully saturated rings. The monoisotopic (exact) mass is 363 g/mol. The van der Waals surface area contributed by atoms with Gasteiger partial charge in [-0.15, -0.1) is 0 Å². The smallest absolute Gasteiger partial charge is 0.435 e. The van der Waals surface area contributed by atoms with Crippen molar-refractivity contribution in [3.8, 4) is 11.3 Å². The summed E-state index contributed by atoms with van der Waals surface area (Å²) in [7, 11) is 0. The summed E-state index contributed by atoms with van der Waals surface area (Å²) in [6, 6.07) is 11.0. The van der Waals surface area contributed by atoms with E-state index >= 15 is 0 Å². The fourth-order valence-corrected chi connectivity index (χ4v) is 3.46. The van der Waals surface area contributed by atoms with E-state index in [1.54, 1.807) is 18.2 Å². The molecule has 138 valence electrons. The standard InChI is InChI=1S/C21H21N3O3/c1-5-22-14-10-6-8-12-16(14)19(25)13-9-7-11-15-17(13)18(12)23-24(15)20(26)27-21(2,3)4/h6-11,22H,5H2,1-4H3. The van der Waals surface area contributed by atoms with Crippen LogP contribution in [0, 0.1) is 0 Å². The zero-order valence-electron chi connectivity index (χ0n) is 15.8. The summed E-state index contributed by atoms with van der Waals surface area (Å²) in [5.41, 5.74) is 3.20. The van der Waals surface area contributed by atoms with Crippen molar-refractivity contribution in [1.29, 1.82) is 0 Å². The van der Waals surface area contributed by atoms with Crippen LogP contribution in [0.25, 0.3) is 22.2 Å². The van der Waals surface area contributed by atoms with E-state index < -0.39 is 11.7 Å². The summed E-state index contributed by atoms with van der Waals surface area (Å²) in [4.78, 5) is 25.9. The number of nitrogens with zero attached hydrogens (tertiary/aromatic N) is 2. The number of nitrogens with one attached hydrogen (secondary N) is 1. The zero-order chi connectivity index (χ0) is 19.3. The summed E-state index contributed by atoms with van der Waals surface area (Å²) in [5, 5.41) is 8.48. The zero-order valence-corrected chi connectivity index (χ0v) is 15.8. The van der Waals surface area contributed by atoms with Gasteiger partial charge >= 0.3 is 6.09 Å². The Labute approximate surface area is 157 Å². The van der Waals surface area contributed by atoms with Crippen molar-refractivity contribution < 1.29 is 14.3 Å². The first-order valence-electron chi connectivity index (χ1n) is 8.99. The van der Waals surface area contributed by atoms with E-state index in [-0.39, 0.29) is 5.78 Å². The Balaban J connectivity index is 1.99. The number of ketones is 1. The molecule has 1 heterocycles. The molecule has 0 amide bonds. The summed E-state index contributed by atoms with van der Waals surface area (Å²) >= 11 is 0. The van der Waals surface area contributed by atoms with E-state index in [4.69, 9.17) is 4.74 Å². The van der Waals surface area contributed by atoms with Crippen LogP contribution in [0.15, 0.2) is 36.4 Å². The van der Waals surface area contributed by atoms with Gasteiger partial charge in [-0.25, -0.2) is 4.79 Å². The molecule has 1 N–H and O–H groups in total. The second-order valence-electron chi connectivity index (χ2n) is 7.53. The van der Waals surface area contributed by atoms with Gasteiger partial charge in [0.25, 0.3) is 0 Å². The third kappa shape index (κ3) is 2.68. The first-order valence-corrected chi connectivity index (χ1v) is 8.99. The van der Waals surface area contributed by atoms with Crippen LogP contribution in [0.3, 0.4) is 0 Å². The third-order valence-corrected chi connectivity index (χ3v) is 4.43. The van der Waals surface area contributed by atoms with Gasteiger partial charge in [-0.1, -0.05) is 24.3 Å². The first-order chi connectivity index (χ1) is 12.8. The Morgan fingerprint density at radius 1 is 1.15 bits per heavy atom. The molecule has 1 aliphatic carbocycles. The van der Waals surface area contributed by atoms with Crippen LogP contribution in [0.1, 0.15) is 43.6 Å². The highest BCUT2D eigenvalue weighted by molar-refractivity contribution is 6.27. The molecule has 0 radical (unpaired) electrons. The normalized spacial score (nSPS) is 12.8. The Hall–Kier alpha value is -3.15. The maximum atomic E-state index is 13.2. The van der Waals surface area contributed by atoms with Crippen LogP contribution in [-0.2, 0) is 4.74 Å². The van der Waals surface area contributed by atoms with Crippen molar-refractivity contribution in [2.24, 2.45) is 0 Å². The van der Waals surface area contributed by atoms with Crippen LogP contribution in [0.4, 0.5) is 10.5 Å². The van der Waals surface area contributed by atoms with Gasteiger partial charge in [-0.05, 0) is 39.8 Å². The predicted octanol–water partition coefficient (Wildman–Crippen LogP) is 4.46. The molecule has 6 heteroatoms. The van der Waals surface area contributed by atoms with Gasteiger partial charge in [0.1, 0.15) is 11.3 Å². The third-order valence-electron chi connectivity index (χ3n) is 4.43. The Morgan fingerprint density at radius 3 is 2.56 bits per heavy atom. The Morgan fingerprint density at radius 2 is 1.85 bits per heavy atom. The topological polar surface area (TPSA) is 73.2 Å². The molecule has 1 aromatic heterocycles. The van der Waals surface area contributed by atoms with Gasteiger partial charge in [-0.3, -0.25) is 4.79 Å². The molecule has 0 aliphatic heterocycles. The van der Waals surface area contributed by atoms with Crippen molar-refractivity contribution in [1.82, 2.24) is 9.78 Å². The molecule has 0 unspecified atom stereocenters. The Bertz CT molecular complexity index is 1090. The van der Waals surface area contributed by atoms with Crippen molar-refractivity contribution in [2.45, 2.75) is 33.3 Å². The molecule has 6 nitrogen and oxygen atoms in total. The van der Waals surface area contributed by atoms with Crippen LogP contribution in [0.5, 0.6) is 0 Å². The minimum Gasteiger partial charge on any atom is -0.442 e. The highest BCUT2D eigenvalue weighted by Crippen LogP contribution is 2.41. The largest absolute Gasteiger partial charge is 0.442 e. The number of ether oxygens (including phenoxy) is 1. The van der Waals surface area contributed by atoms with Gasteiger partial charge in [0, 0.05) is 28.7 Å². The number of aromatic nitrogens is 2. The highest BCUT2D eigenvalue weighted by atomic mass is 16.6. The van der Waals surface area contributed by atoms with E-state index in [1.807, 2.05) is 45.9 Å². The van der Waals surface area contributed by atoms with E-state index in [1.165, 1.54) is 4.68 Å². The van der Waals surface area contributed by atoms with Crippen molar-refractivity contribution in [3.05, 3.63) is 47.5 Å². The van der Waals surface area contributed by atoms with Crippen LogP contribution in [0.2, 0.25) is 0 Å². The van der Waals surface area contributed by atoms with Crippen molar-refractivity contribution in [3.63, 3.8) is 0 Å². The molecule has 1 aliphatic rings. The summed E-state index contributed by atoms with van der Waals surface area (Å²) in [6.45, 7) is 8.11. The average molecular weight is 363 g/mol. The van der Waals surface area contributed by atoms with E-state index in [0.717, 1.165) is 11.3 Å². The minimum absolute atomic E-state index is 0.0663. The molecular weight excluding hydrogens is 342 g/mol. The quantitative estimate of drug-likeness (QED) is 0.569. The van der Waals surface area contributed by atoms with Gasteiger partial charge in [0.15, 0.2) is 5.78 Å². The van der Waals surface area contributed by atoms with Crippen LogP contribution in [-0.4, -0.2) is 33.8 Å². The second-order valence-corrected chi connectivity index (χ2v) is 7.53. The number of rotatable bonds is 2.